The molecule has 0 saturated heterocycles. The van der Waals surface area contributed by atoms with E-state index in [1.807, 2.05) is 6.92 Å². The summed E-state index contributed by atoms with van der Waals surface area (Å²) >= 11 is 0. The van der Waals surface area contributed by atoms with E-state index in [4.69, 9.17) is 4.74 Å². The molecule has 1 unspecified atom stereocenters. The maximum Gasteiger partial charge on any atom is 0.286 e. The minimum atomic E-state index is -3.07. The first-order valence-corrected chi connectivity index (χ1v) is 12.3. The number of methoxy groups -OCH3 is 1. The van der Waals surface area contributed by atoms with Crippen molar-refractivity contribution < 1.29 is 18.6 Å². The van der Waals surface area contributed by atoms with Crippen LogP contribution in [0.4, 0.5) is 8.78 Å². The summed E-state index contributed by atoms with van der Waals surface area (Å²) in [5.74, 6) is -2.15. The molecular formula is C28H26F2N8O2. The quantitative estimate of drug-likeness (QED) is 0.329. The molecule has 12 heteroatoms. The number of rotatable bonds is 7. The van der Waals surface area contributed by atoms with E-state index in [2.05, 4.69) is 31.3 Å². The third kappa shape index (κ3) is 4.34. The maximum atomic E-state index is 13.7. The number of pyridine rings is 2. The molecule has 1 atom stereocenters. The molecule has 1 N–H and O–H groups in total. The number of hydrogen-bond donors (Lipinski definition) is 1. The van der Waals surface area contributed by atoms with Gasteiger partial charge in [-0.2, -0.15) is 14.0 Å². The molecule has 0 aliphatic carbocycles. The Kier molecular flexibility index (Phi) is 6.55. The van der Waals surface area contributed by atoms with E-state index in [9.17, 15) is 19.1 Å². The summed E-state index contributed by atoms with van der Waals surface area (Å²) in [6, 6.07) is 10.2. The lowest BCUT2D eigenvalue weighted by atomic mass is 9.85. The highest BCUT2D eigenvalue weighted by Gasteiger charge is 2.40. The van der Waals surface area contributed by atoms with Crippen molar-refractivity contribution in [3.05, 3.63) is 94.1 Å². The molecule has 0 amide bonds. The van der Waals surface area contributed by atoms with Gasteiger partial charge in [-0.1, -0.05) is 17.3 Å². The summed E-state index contributed by atoms with van der Waals surface area (Å²) in [7, 11) is 4.92. The fraction of sp³-hybridized carbons (Fsp3) is 0.286. The highest BCUT2D eigenvalue weighted by atomic mass is 19.3. The number of imidazole rings is 1. The van der Waals surface area contributed by atoms with Gasteiger partial charge < -0.3 is 14.4 Å². The first kappa shape index (κ1) is 26.8. The van der Waals surface area contributed by atoms with Crippen LogP contribution in [0.15, 0.2) is 48.9 Å². The van der Waals surface area contributed by atoms with Crippen LogP contribution in [0.3, 0.4) is 0 Å². The third-order valence-corrected chi connectivity index (χ3v) is 7.10. The number of aromatic nitrogens is 7. The number of hydrogen-bond acceptors (Lipinski definition) is 8. The summed E-state index contributed by atoms with van der Waals surface area (Å²) < 4.78 is 36.1. The SMILES string of the molecule is COc1nc2ccc(C(O)(c3cnnn3C)c3cnc(C)n3C)cc2c(C#N)c1Cc1ccc(C(C)(F)F)nc1. The summed E-state index contributed by atoms with van der Waals surface area (Å²) in [5, 5.41) is 31.1. The van der Waals surface area contributed by atoms with E-state index < -0.39 is 11.5 Å². The second-order valence-corrected chi connectivity index (χ2v) is 9.64. The summed E-state index contributed by atoms with van der Waals surface area (Å²) in [6.07, 6.45) is 4.59. The predicted octanol–water partition coefficient (Wildman–Crippen LogP) is 3.67. The Bertz CT molecular complexity index is 1770. The molecule has 204 valence electrons. The van der Waals surface area contributed by atoms with Crippen molar-refractivity contribution in [2.24, 2.45) is 14.1 Å². The van der Waals surface area contributed by atoms with Crippen molar-refractivity contribution in [1.82, 2.24) is 34.5 Å². The Morgan fingerprint density at radius 2 is 1.85 bits per heavy atom. The van der Waals surface area contributed by atoms with Crippen molar-refractivity contribution in [2.75, 3.05) is 7.11 Å². The number of aliphatic hydroxyl groups is 1. The van der Waals surface area contributed by atoms with E-state index in [-0.39, 0.29) is 23.6 Å². The van der Waals surface area contributed by atoms with Gasteiger partial charge in [0.2, 0.25) is 5.88 Å². The van der Waals surface area contributed by atoms with Crippen LogP contribution in [0, 0.1) is 18.3 Å². The molecule has 0 bridgehead atoms. The maximum absolute atomic E-state index is 13.7. The topological polar surface area (TPSA) is 128 Å². The molecule has 0 spiro atoms. The molecular weight excluding hydrogens is 518 g/mol. The van der Waals surface area contributed by atoms with Crippen LogP contribution in [0.5, 0.6) is 5.88 Å². The van der Waals surface area contributed by atoms with Gasteiger partial charge in [-0.25, -0.2) is 14.6 Å². The molecule has 40 heavy (non-hydrogen) atoms. The standard InChI is InChI=1S/C28H26F2N8O2/c1-16-32-14-24(37(16)3)28(39,25-15-34-36-38(25)4)18-7-8-22-19(11-18)21(12-31)20(26(35-22)40-5)10-17-6-9-23(33-13-17)27(2,29)30/h6-9,11,13-15,39H,10H2,1-5H3. The Hall–Kier alpha value is -4.76. The minimum Gasteiger partial charge on any atom is -0.481 e. The van der Waals surface area contributed by atoms with Gasteiger partial charge in [0.05, 0.1) is 36.3 Å². The highest BCUT2D eigenvalue weighted by Crippen LogP contribution is 2.39. The van der Waals surface area contributed by atoms with Gasteiger partial charge in [-0.05, 0) is 36.2 Å². The van der Waals surface area contributed by atoms with E-state index in [0.717, 1.165) is 6.92 Å². The first-order chi connectivity index (χ1) is 19.0. The highest BCUT2D eigenvalue weighted by molar-refractivity contribution is 5.88. The van der Waals surface area contributed by atoms with Crippen LogP contribution in [-0.2, 0) is 32.0 Å². The van der Waals surface area contributed by atoms with E-state index in [1.54, 1.807) is 49.1 Å². The number of ether oxygens (including phenoxy) is 1. The molecule has 5 aromatic rings. The lowest BCUT2D eigenvalue weighted by molar-refractivity contribution is 0.0127. The molecule has 1 aromatic carbocycles. The number of alkyl halides is 2. The lowest BCUT2D eigenvalue weighted by Crippen LogP contribution is -2.33. The van der Waals surface area contributed by atoms with Crippen molar-refractivity contribution in [3.63, 3.8) is 0 Å². The van der Waals surface area contributed by atoms with E-state index >= 15 is 0 Å². The number of benzene rings is 1. The Morgan fingerprint density at radius 1 is 1.07 bits per heavy atom. The van der Waals surface area contributed by atoms with Crippen molar-refractivity contribution in [2.45, 2.75) is 31.8 Å². The van der Waals surface area contributed by atoms with Crippen LogP contribution in [0.2, 0.25) is 0 Å². The second-order valence-electron chi connectivity index (χ2n) is 9.64. The van der Waals surface area contributed by atoms with Gasteiger partial charge in [0.25, 0.3) is 5.92 Å². The molecule has 0 aliphatic heterocycles. The zero-order valence-electron chi connectivity index (χ0n) is 22.5. The van der Waals surface area contributed by atoms with Crippen molar-refractivity contribution >= 4 is 10.9 Å². The van der Waals surface area contributed by atoms with Crippen LogP contribution >= 0.6 is 0 Å². The molecule has 0 aliphatic rings. The normalized spacial score (nSPS) is 13.3. The third-order valence-electron chi connectivity index (χ3n) is 7.10. The number of nitrogens with zero attached hydrogens (tertiary/aromatic N) is 8. The molecule has 4 heterocycles. The summed E-state index contributed by atoms with van der Waals surface area (Å²) in [4.78, 5) is 12.9. The van der Waals surface area contributed by atoms with Crippen molar-refractivity contribution in [1.29, 1.82) is 5.26 Å². The molecule has 0 fully saturated rings. The Balaban J connectivity index is 1.71. The average molecular weight is 545 g/mol. The summed E-state index contributed by atoms with van der Waals surface area (Å²) in [5.41, 5.74) is 1.08. The largest absolute Gasteiger partial charge is 0.481 e. The minimum absolute atomic E-state index is 0.165. The zero-order chi connectivity index (χ0) is 28.8. The smallest absolute Gasteiger partial charge is 0.286 e. The van der Waals surface area contributed by atoms with Crippen LogP contribution in [0.25, 0.3) is 10.9 Å². The first-order valence-electron chi connectivity index (χ1n) is 12.3. The van der Waals surface area contributed by atoms with Gasteiger partial charge in [-0.15, -0.1) is 5.10 Å². The van der Waals surface area contributed by atoms with Crippen molar-refractivity contribution in [3.8, 4) is 11.9 Å². The van der Waals surface area contributed by atoms with Crippen LogP contribution in [0.1, 0.15) is 52.1 Å². The average Bonchev–Trinajstić information content (AvgIpc) is 3.52. The molecule has 5 rings (SSSR count). The number of nitriles is 1. The Labute approximate surface area is 228 Å². The molecule has 0 radical (unpaired) electrons. The zero-order valence-corrected chi connectivity index (χ0v) is 22.5. The molecule has 10 nitrogen and oxygen atoms in total. The molecule has 0 saturated carbocycles. The van der Waals surface area contributed by atoms with Gasteiger partial charge in [0, 0.05) is 44.6 Å². The monoisotopic (exact) mass is 544 g/mol. The van der Waals surface area contributed by atoms with Gasteiger partial charge >= 0.3 is 0 Å². The van der Waals surface area contributed by atoms with Gasteiger partial charge in [-0.3, -0.25) is 4.98 Å². The fourth-order valence-electron chi connectivity index (χ4n) is 4.84. The van der Waals surface area contributed by atoms with Gasteiger partial charge in [0.1, 0.15) is 23.3 Å². The van der Waals surface area contributed by atoms with Crippen LogP contribution in [-0.4, -0.2) is 46.7 Å². The van der Waals surface area contributed by atoms with Crippen LogP contribution < -0.4 is 4.74 Å². The molecule has 4 aromatic heterocycles. The Morgan fingerprint density at radius 3 is 2.40 bits per heavy atom. The lowest BCUT2D eigenvalue weighted by Gasteiger charge is -2.29. The van der Waals surface area contributed by atoms with Gasteiger partial charge in [0.15, 0.2) is 5.60 Å². The summed E-state index contributed by atoms with van der Waals surface area (Å²) in [6.45, 7) is 2.61. The fourth-order valence-corrected chi connectivity index (χ4v) is 4.84. The second kappa shape index (κ2) is 9.77. The number of fused-ring (bicyclic) bond motifs is 1. The van der Waals surface area contributed by atoms with E-state index in [0.29, 0.717) is 44.8 Å². The number of halogens is 2. The number of aryl methyl sites for hydroxylation is 2. The van der Waals surface area contributed by atoms with E-state index in [1.165, 1.54) is 30.3 Å². The predicted molar refractivity (Wildman–Crippen MR) is 141 cm³/mol.